The summed E-state index contributed by atoms with van der Waals surface area (Å²) in [5.74, 6) is -5.63. The number of nitrogens with zero attached hydrogens (tertiary/aromatic N) is 4. The Labute approximate surface area is 418 Å². The van der Waals surface area contributed by atoms with Gasteiger partial charge in [0, 0.05) is 37.3 Å². The summed E-state index contributed by atoms with van der Waals surface area (Å²) >= 11 is 0. The van der Waals surface area contributed by atoms with Crippen molar-refractivity contribution < 1.29 is 48.7 Å². The van der Waals surface area contributed by atoms with Crippen molar-refractivity contribution >= 4 is 23.8 Å². The van der Waals surface area contributed by atoms with Gasteiger partial charge in [-0.25, -0.2) is 9.59 Å². The maximum absolute atomic E-state index is 14.0. The van der Waals surface area contributed by atoms with Crippen molar-refractivity contribution in [2.75, 3.05) is 26.3 Å². The van der Waals surface area contributed by atoms with Gasteiger partial charge in [0.15, 0.2) is 35.3 Å². The molecule has 5 aromatic carbocycles. The van der Waals surface area contributed by atoms with Gasteiger partial charge in [-0.2, -0.15) is 0 Å². The van der Waals surface area contributed by atoms with Crippen LogP contribution in [0, 0.1) is 0 Å². The molecule has 2 aromatic heterocycles. The van der Waals surface area contributed by atoms with E-state index < -0.39 is 76.0 Å². The highest BCUT2D eigenvalue weighted by molar-refractivity contribution is 5.99. The first-order chi connectivity index (χ1) is 35.5. The summed E-state index contributed by atoms with van der Waals surface area (Å²) in [4.78, 5) is 80.7. The smallest absolute Gasteiger partial charge is 0.341 e. The highest BCUT2D eigenvalue weighted by Gasteiger charge is 2.50. The minimum atomic E-state index is -1.47. The van der Waals surface area contributed by atoms with Crippen molar-refractivity contribution in [2.45, 2.75) is 55.8 Å². The van der Waals surface area contributed by atoms with Crippen molar-refractivity contribution in [3.8, 4) is 11.5 Å². The van der Waals surface area contributed by atoms with E-state index in [1.165, 1.54) is 15.7 Å². The van der Waals surface area contributed by atoms with E-state index in [1.54, 1.807) is 9.47 Å². The fourth-order valence-electron chi connectivity index (χ4n) is 10.6. The number of rotatable bonds is 11. The predicted octanol–water partition coefficient (Wildman–Crippen LogP) is 7.53. The van der Waals surface area contributed by atoms with Crippen LogP contribution in [0.1, 0.15) is 106 Å². The molecule has 2 amide bonds. The molecule has 0 bridgehead atoms. The third-order valence-corrected chi connectivity index (χ3v) is 13.8. The van der Waals surface area contributed by atoms with Crippen LogP contribution in [0.25, 0.3) is 0 Å². The second-order valence-electron chi connectivity index (χ2n) is 18.1. The Kier molecular flexibility index (Phi) is 13.6. The number of hydrogen-bond donors (Lipinski definition) is 3. The summed E-state index contributed by atoms with van der Waals surface area (Å²) in [5, 5.41) is 30.3. The molecule has 0 spiro atoms. The average Bonchev–Trinajstić information content (AvgIpc) is 3.42. The minimum Gasteiger partial charge on any atom is -0.503 e. The Morgan fingerprint density at radius 2 is 0.904 bits per heavy atom. The van der Waals surface area contributed by atoms with Crippen LogP contribution in [0.5, 0.6) is 11.5 Å². The van der Waals surface area contributed by atoms with Crippen molar-refractivity contribution in [2.24, 2.45) is 0 Å². The summed E-state index contributed by atoms with van der Waals surface area (Å²) in [6.07, 6.45) is 2.34. The molecule has 0 saturated carbocycles. The first-order valence-electron chi connectivity index (χ1n) is 24.0. The van der Waals surface area contributed by atoms with Crippen LogP contribution in [-0.4, -0.2) is 96.8 Å². The summed E-state index contributed by atoms with van der Waals surface area (Å²) in [7, 11) is 0. The zero-order valence-corrected chi connectivity index (χ0v) is 39.3. The van der Waals surface area contributed by atoms with Gasteiger partial charge >= 0.3 is 11.9 Å². The predicted molar refractivity (Wildman–Crippen MR) is 266 cm³/mol. The number of fused-ring (bicyclic) bond motifs is 4. The number of amides is 2. The van der Waals surface area contributed by atoms with Crippen LogP contribution >= 0.6 is 0 Å². The lowest BCUT2D eigenvalue weighted by Gasteiger charge is -2.48. The maximum atomic E-state index is 14.0. The molecule has 2 fully saturated rings. The Morgan fingerprint density at radius 1 is 0.534 bits per heavy atom. The molecule has 4 aliphatic heterocycles. The Balaban J connectivity index is 0.000000171. The minimum absolute atomic E-state index is 0.00479. The first-order valence-corrected chi connectivity index (χ1v) is 24.0. The first kappa shape index (κ1) is 48.0. The third-order valence-electron chi connectivity index (χ3n) is 13.8. The van der Waals surface area contributed by atoms with Gasteiger partial charge in [-0.1, -0.05) is 152 Å². The number of carboxylic acids is 2. The molecule has 370 valence electrons. The summed E-state index contributed by atoms with van der Waals surface area (Å²) < 4.78 is 21.4. The van der Waals surface area contributed by atoms with Crippen molar-refractivity contribution in [3.05, 3.63) is 235 Å². The molecule has 4 aliphatic rings. The standard InChI is InChI=1S/C32H28N2O6.C25H22N2O6/c35-28-24(32(37)38)19-34-26(25(22-13-6-2-7-14-22)23-15-8-3-9-16-23)31-33(17-10-18-39-31)30(36)27(34)29(28)40-20-21-11-4-1-5-12-21;28-21-17(25(31)32)14-27-19(24-26(12-7-13-33-24)23(30)20(27)22(21)29)18(15-8-3-1-4-9-15)16-10-5-2-6-11-16/h1-9,11-16,19,25-26,31H,10,17-18,20H2,(H,37,38);1-6,8-11,14,18-19,24,29H,7,12-13H2,(H,31,32)/t26-,31-;19-,24-/m00/s1. The molecule has 0 unspecified atom stereocenters. The molecule has 6 heterocycles. The van der Waals surface area contributed by atoms with E-state index in [0.717, 1.165) is 34.0 Å². The number of pyridine rings is 2. The number of aromatic hydroxyl groups is 1. The number of hydrogen-bond acceptors (Lipinski definition) is 10. The van der Waals surface area contributed by atoms with Gasteiger partial charge in [0.05, 0.1) is 25.3 Å². The molecular weight excluding hydrogens is 933 g/mol. The lowest BCUT2D eigenvalue weighted by Crippen LogP contribution is -2.57. The Hall–Kier alpha value is -8.60. The lowest BCUT2D eigenvalue weighted by molar-refractivity contribution is -0.114. The quantitative estimate of drug-likeness (QED) is 0.115. The number of carbonyl (C=O) groups excluding carboxylic acids is 2. The molecule has 73 heavy (non-hydrogen) atoms. The second-order valence-corrected chi connectivity index (χ2v) is 18.1. The summed E-state index contributed by atoms with van der Waals surface area (Å²) in [6.45, 7) is 1.76. The van der Waals surface area contributed by atoms with Gasteiger partial charge < -0.3 is 48.5 Å². The van der Waals surface area contributed by atoms with Gasteiger partial charge in [-0.05, 0) is 40.7 Å². The number of ether oxygens (including phenoxy) is 3. The average molecular weight is 983 g/mol. The van der Waals surface area contributed by atoms with Crippen molar-refractivity contribution in [1.82, 2.24) is 18.9 Å². The van der Waals surface area contributed by atoms with Gasteiger partial charge in [0.25, 0.3) is 11.8 Å². The SMILES string of the molecule is O=C(O)c1cn2c(c(O)c1=O)C(=O)N1CCCO[C@H]1[C@@H]2C(c1ccccc1)c1ccccc1.O=C(O)c1cn2c(c(OCc3ccccc3)c1=O)C(=O)N1CCCO[C@H]1[C@@H]2C(c1ccccc1)c1ccccc1. The van der Waals surface area contributed by atoms with Crippen molar-refractivity contribution in [1.29, 1.82) is 0 Å². The van der Waals surface area contributed by atoms with Crippen LogP contribution in [0.15, 0.2) is 174 Å². The fraction of sp³-hybridized carbons (Fsp3) is 0.228. The van der Waals surface area contributed by atoms with E-state index >= 15 is 0 Å². The van der Waals surface area contributed by atoms with Crippen LogP contribution < -0.4 is 15.6 Å². The molecule has 16 nitrogen and oxygen atoms in total. The largest absolute Gasteiger partial charge is 0.503 e. The van der Waals surface area contributed by atoms with Crippen LogP contribution in [0.3, 0.4) is 0 Å². The monoisotopic (exact) mass is 982 g/mol. The number of benzene rings is 5. The molecule has 0 aliphatic carbocycles. The van der Waals surface area contributed by atoms with E-state index in [-0.39, 0.29) is 35.6 Å². The molecule has 11 rings (SSSR count). The number of carboxylic acid groups (broad SMARTS) is 2. The lowest BCUT2D eigenvalue weighted by atomic mass is 9.82. The van der Waals surface area contributed by atoms with Crippen LogP contribution in [0.2, 0.25) is 0 Å². The van der Waals surface area contributed by atoms with E-state index in [2.05, 4.69) is 0 Å². The van der Waals surface area contributed by atoms with Gasteiger partial charge in [-0.3, -0.25) is 19.2 Å². The van der Waals surface area contributed by atoms with Crippen molar-refractivity contribution in [3.63, 3.8) is 0 Å². The topological polar surface area (TPSA) is 207 Å². The van der Waals surface area contributed by atoms with E-state index in [4.69, 9.17) is 14.2 Å². The molecule has 4 atom stereocenters. The molecule has 3 N–H and O–H groups in total. The zero-order chi connectivity index (χ0) is 50.8. The molecule has 7 aromatic rings. The summed E-state index contributed by atoms with van der Waals surface area (Å²) in [6, 6.07) is 47.0. The Bertz CT molecular complexity index is 3220. The second kappa shape index (κ2) is 20.6. The molecule has 16 heteroatoms. The van der Waals surface area contributed by atoms with Gasteiger partial charge in [0.2, 0.25) is 10.9 Å². The molecular formula is C57H50N4O12. The number of carbonyl (C=O) groups is 4. The Morgan fingerprint density at radius 3 is 1.32 bits per heavy atom. The fourth-order valence-corrected chi connectivity index (χ4v) is 10.6. The van der Waals surface area contributed by atoms with E-state index in [1.807, 2.05) is 152 Å². The van der Waals surface area contributed by atoms with Gasteiger partial charge in [0.1, 0.15) is 17.7 Å². The van der Waals surface area contributed by atoms with Crippen LogP contribution in [0.4, 0.5) is 0 Å². The molecule has 2 saturated heterocycles. The maximum Gasteiger partial charge on any atom is 0.341 e. The number of aromatic nitrogens is 2. The highest BCUT2D eigenvalue weighted by atomic mass is 16.5. The molecule has 0 radical (unpaired) electrons. The van der Waals surface area contributed by atoms with E-state index in [0.29, 0.717) is 39.1 Å². The zero-order valence-electron chi connectivity index (χ0n) is 39.3. The number of aromatic carboxylic acids is 2. The van der Waals surface area contributed by atoms with E-state index in [9.17, 15) is 44.1 Å². The van der Waals surface area contributed by atoms with Crippen LogP contribution in [-0.2, 0) is 16.1 Å². The third kappa shape index (κ3) is 9.06. The normalized spacial score (nSPS) is 18.9. The highest BCUT2D eigenvalue weighted by Crippen LogP contribution is 2.46. The van der Waals surface area contributed by atoms with Gasteiger partial charge in [-0.15, -0.1) is 0 Å². The summed E-state index contributed by atoms with van der Waals surface area (Å²) in [5.41, 5.74) is 1.44.